The third kappa shape index (κ3) is 4.11. The lowest BCUT2D eigenvalue weighted by atomic mass is 10.2. The number of aryl methyl sites for hydroxylation is 1. The van der Waals surface area contributed by atoms with Crippen molar-refractivity contribution in [1.29, 1.82) is 0 Å². The highest BCUT2D eigenvalue weighted by Gasteiger charge is 2.30. The van der Waals surface area contributed by atoms with Gasteiger partial charge in [0.2, 0.25) is 15.9 Å². The van der Waals surface area contributed by atoms with Crippen LogP contribution in [0, 0.1) is 0 Å². The summed E-state index contributed by atoms with van der Waals surface area (Å²) in [7, 11) is -3.49. The number of thiophene rings is 1. The van der Waals surface area contributed by atoms with Crippen LogP contribution in [-0.4, -0.2) is 49.7 Å². The smallest absolute Gasteiger partial charge is 0.243 e. The van der Waals surface area contributed by atoms with Gasteiger partial charge in [-0.1, -0.05) is 25.1 Å². The molecule has 2 aromatic rings. The molecule has 1 aliphatic heterocycles. The van der Waals surface area contributed by atoms with Gasteiger partial charge < -0.3 is 4.90 Å². The minimum atomic E-state index is -3.49. The fourth-order valence-corrected chi connectivity index (χ4v) is 5.02. The van der Waals surface area contributed by atoms with Gasteiger partial charge in [-0.2, -0.15) is 4.31 Å². The number of rotatable bonds is 5. The highest BCUT2D eigenvalue weighted by atomic mass is 32.2. The van der Waals surface area contributed by atoms with E-state index in [0.29, 0.717) is 37.5 Å². The first-order valence-corrected chi connectivity index (χ1v) is 10.7. The molecule has 0 atom stereocenters. The molecule has 0 N–H and O–H groups in total. The maximum absolute atomic E-state index is 12.7. The van der Waals surface area contributed by atoms with Crippen molar-refractivity contribution >= 4 is 27.3 Å². The van der Waals surface area contributed by atoms with Crippen LogP contribution in [0.1, 0.15) is 17.4 Å². The molecule has 1 aliphatic rings. The number of carbonyl (C=O) groups is 1. The van der Waals surface area contributed by atoms with E-state index in [1.165, 1.54) is 4.31 Å². The molecular formula is C18H22N2O3S2. The van der Waals surface area contributed by atoms with Gasteiger partial charge in [-0.25, -0.2) is 8.42 Å². The number of sulfonamides is 1. The van der Waals surface area contributed by atoms with E-state index in [0.717, 1.165) is 16.9 Å². The number of benzene rings is 1. The third-order valence-electron chi connectivity index (χ3n) is 4.47. The normalized spacial score (nSPS) is 16.1. The zero-order valence-corrected chi connectivity index (χ0v) is 15.9. The van der Waals surface area contributed by atoms with Gasteiger partial charge in [-0.05, 0) is 35.6 Å². The average molecular weight is 379 g/mol. The van der Waals surface area contributed by atoms with Crippen LogP contribution in [-0.2, 0) is 27.7 Å². The molecule has 1 aromatic heterocycles. The molecule has 1 saturated heterocycles. The minimum absolute atomic E-state index is 0.0618. The van der Waals surface area contributed by atoms with Gasteiger partial charge in [0.15, 0.2) is 0 Å². The first-order chi connectivity index (χ1) is 12.0. The van der Waals surface area contributed by atoms with E-state index in [2.05, 4.69) is 0 Å². The van der Waals surface area contributed by atoms with Crippen LogP contribution in [0.15, 0.2) is 46.7 Å². The number of hydrogen-bond donors (Lipinski definition) is 0. The number of amides is 1. The number of nitrogens with zero attached hydrogens (tertiary/aromatic N) is 2. The van der Waals surface area contributed by atoms with E-state index in [9.17, 15) is 13.2 Å². The van der Waals surface area contributed by atoms with Crippen molar-refractivity contribution in [3.8, 4) is 0 Å². The quantitative estimate of drug-likeness (QED) is 0.803. The molecule has 2 heterocycles. The molecule has 3 rings (SSSR count). The van der Waals surface area contributed by atoms with Crippen molar-refractivity contribution in [1.82, 2.24) is 9.21 Å². The van der Waals surface area contributed by atoms with E-state index in [1.54, 1.807) is 28.4 Å². The van der Waals surface area contributed by atoms with Crippen molar-refractivity contribution < 1.29 is 13.2 Å². The predicted octanol–water partition coefficient (Wildman–Crippen LogP) is 2.39. The SMILES string of the molecule is CCc1ccc(S(=O)(=O)N2CCN(C(=O)Cc3cccs3)CC2)cc1. The minimum Gasteiger partial charge on any atom is -0.340 e. The zero-order chi connectivity index (χ0) is 17.9. The topological polar surface area (TPSA) is 57.7 Å². The molecule has 5 nitrogen and oxygen atoms in total. The van der Waals surface area contributed by atoms with Crippen LogP contribution in [0.4, 0.5) is 0 Å². The second-order valence-electron chi connectivity index (χ2n) is 6.04. The Kier molecular flexibility index (Phi) is 5.56. The lowest BCUT2D eigenvalue weighted by molar-refractivity contribution is -0.131. The maximum atomic E-state index is 12.7. The molecule has 1 aromatic carbocycles. The van der Waals surface area contributed by atoms with E-state index >= 15 is 0 Å². The van der Waals surface area contributed by atoms with Crippen molar-refractivity contribution in [3.63, 3.8) is 0 Å². The Morgan fingerprint density at radius 3 is 2.32 bits per heavy atom. The highest BCUT2D eigenvalue weighted by molar-refractivity contribution is 7.89. The molecule has 1 fully saturated rings. The van der Waals surface area contributed by atoms with Gasteiger partial charge in [-0.3, -0.25) is 4.79 Å². The molecule has 134 valence electrons. The Morgan fingerprint density at radius 2 is 1.76 bits per heavy atom. The number of piperazine rings is 1. The summed E-state index contributed by atoms with van der Waals surface area (Å²) in [5.41, 5.74) is 1.11. The molecule has 25 heavy (non-hydrogen) atoms. The summed E-state index contributed by atoms with van der Waals surface area (Å²) in [6.07, 6.45) is 1.27. The number of hydrogen-bond acceptors (Lipinski definition) is 4. The van der Waals surface area contributed by atoms with Gasteiger partial charge in [0, 0.05) is 31.1 Å². The Hall–Kier alpha value is -1.70. The lowest BCUT2D eigenvalue weighted by Gasteiger charge is -2.34. The van der Waals surface area contributed by atoms with Crippen LogP contribution < -0.4 is 0 Å². The zero-order valence-electron chi connectivity index (χ0n) is 14.2. The Morgan fingerprint density at radius 1 is 1.08 bits per heavy atom. The third-order valence-corrected chi connectivity index (χ3v) is 7.26. The first-order valence-electron chi connectivity index (χ1n) is 8.40. The summed E-state index contributed by atoms with van der Waals surface area (Å²) >= 11 is 1.57. The largest absolute Gasteiger partial charge is 0.340 e. The van der Waals surface area contributed by atoms with E-state index in [1.807, 2.05) is 36.6 Å². The average Bonchev–Trinajstić information content (AvgIpc) is 3.15. The summed E-state index contributed by atoms with van der Waals surface area (Å²) in [6, 6.07) is 10.9. The molecule has 0 unspecified atom stereocenters. The second-order valence-corrected chi connectivity index (χ2v) is 9.01. The van der Waals surface area contributed by atoms with Gasteiger partial charge in [0.05, 0.1) is 11.3 Å². The Bertz CT molecular complexity index is 807. The van der Waals surface area contributed by atoms with Crippen LogP contribution in [0.25, 0.3) is 0 Å². The standard InChI is InChI=1S/C18H22N2O3S2/c1-2-15-5-7-17(8-6-15)25(22,23)20-11-9-19(10-12-20)18(21)14-16-4-3-13-24-16/h3-8,13H,2,9-12,14H2,1H3. The summed E-state index contributed by atoms with van der Waals surface area (Å²) in [6.45, 7) is 3.60. The van der Waals surface area contributed by atoms with E-state index in [4.69, 9.17) is 0 Å². The fourth-order valence-electron chi connectivity index (χ4n) is 2.90. The molecular weight excluding hydrogens is 356 g/mol. The molecule has 7 heteroatoms. The van der Waals surface area contributed by atoms with Crippen molar-refractivity contribution in [2.75, 3.05) is 26.2 Å². The summed E-state index contributed by atoms with van der Waals surface area (Å²) in [5, 5.41) is 1.96. The van der Waals surface area contributed by atoms with Crippen LogP contribution in [0.2, 0.25) is 0 Å². The van der Waals surface area contributed by atoms with Gasteiger partial charge in [-0.15, -0.1) is 11.3 Å². The van der Waals surface area contributed by atoms with Gasteiger partial charge in [0.1, 0.15) is 0 Å². The van der Waals surface area contributed by atoms with Crippen LogP contribution in [0.3, 0.4) is 0 Å². The summed E-state index contributed by atoms with van der Waals surface area (Å²) in [5.74, 6) is 0.0618. The maximum Gasteiger partial charge on any atom is 0.243 e. The van der Waals surface area contributed by atoms with Crippen molar-refractivity contribution in [3.05, 3.63) is 52.2 Å². The van der Waals surface area contributed by atoms with Crippen molar-refractivity contribution in [2.45, 2.75) is 24.7 Å². The van der Waals surface area contributed by atoms with Crippen molar-refractivity contribution in [2.24, 2.45) is 0 Å². The molecule has 0 saturated carbocycles. The molecule has 0 spiro atoms. The predicted molar refractivity (Wildman–Crippen MR) is 99.2 cm³/mol. The monoisotopic (exact) mass is 378 g/mol. The highest BCUT2D eigenvalue weighted by Crippen LogP contribution is 2.19. The molecule has 0 bridgehead atoms. The van der Waals surface area contributed by atoms with Gasteiger partial charge >= 0.3 is 0 Å². The van der Waals surface area contributed by atoms with E-state index in [-0.39, 0.29) is 5.91 Å². The molecule has 0 radical (unpaired) electrons. The van der Waals surface area contributed by atoms with Crippen LogP contribution in [0.5, 0.6) is 0 Å². The fraction of sp³-hybridized carbons (Fsp3) is 0.389. The second kappa shape index (κ2) is 7.68. The lowest BCUT2D eigenvalue weighted by Crippen LogP contribution is -2.50. The first kappa shape index (κ1) is 18.1. The molecule has 1 amide bonds. The molecule has 0 aliphatic carbocycles. The van der Waals surface area contributed by atoms with Crippen LogP contribution >= 0.6 is 11.3 Å². The Labute approximate surface area is 152 Å². The summed E-state index contributed by atoms with van der Waals surface area (Å²) < 4.78 is 27.0. The van der Waals surface area contributed by atoms with Gasteiger partial charge in [0.25, 0.3) is 0 Å². The Balaban J connectivity index is 1.61. The number of carbonyl (C=O) groups excluding carboxylic acids is 1. The van der Waals surface area contributed by atoms with E-state index < -0.39 is 10.0 Å². The summed E-state index contributed by atoms with van der Waals surface area (Å²) in [4.78, 5) is 15.4.